The van der Waals surface area contributed by atoms with Gasteiger partial charge in [0.1, 0.15) is 29.9 Å². The first-order valence-corrected chi connectivity index (χ1v) is 15.8. The lowest BCUT2D eigenvalue weighted by Gasteiger charge is -2.35. The quantitative estimate of drug-likeness (QED) is 0.251. The molecule has 0 radical (unpaired) electrons. The number of hydrogen-bond acceptors (Lipinski definition) is 5. The summed E-state index contributed by atoms with van der Waals surface area (Å²) < 4.78 is 34.4. The number of aryl methyl sites for hydroxylation is 1. The molecule has 0 saturated carbocycles. The lowest BCUT2D eigenvalue weighted by Crippen LogP contribution is -2.53. The fraction of sp³-hybridized carbons (Fsp3) is 0.444. The first-order chi connectivity index (χ1) is 21.3. The Balaban J connectivity index is 1.39. The third-order valence-corrected chi connectivity index (χ3v) is 8.99. The molecule has 1 amide bonds. The van der Waals surface area contributed by atoms with Gasteiger partial charge in [-0.2, -0.15) is 0 Å². The highest BCUT2D eigenvalue weighted by atomic mass is 19.1. The highest BCUT2D eigenvalue weighted by Crippen LogP contribution is 2.29. The standard InChI is InChI=1S/C36H42F2N2O4/c1-2-3-11-26-16-17-40(35(26)42)32(15-14-24-9-5-4-6-10-24)36(43)44-33(20-25-18-29(37)22-30(38)19-25)34(41)31-21-27-12-7-8-13-28(27)23-39-31/h4-10,12-13,18-19,22,26,31-34,39,41H,2-3,11,14-17,20-21,23H2,1H3/t26-,31+,32?,33-,34-/m0/s1. The van der Waals surface area contributed by atoms with Gasteiger partial charge in [-0.1, -0.05) is 74.4 Å². The van der Waals surface area contributed by atoms with E-state index in [0.717, 1.165) is 42.0 Å². The van der Waals surface area contributed by atoms with Gasteiger partial charge < -0.3 is 20.1 Å². The summed E-state index contributed by atoms with van der Waals surface area (Å²) in [7, 11) is 0. The number of fused-ring (bicyclic) bond motifs is 1. The summed E-state index contributed by atoms with van der Waals surface area (Å²) in [5, 5.41) is 15.0. The van der Waals surface area contributed by atoms with Gasteiger partial charge in [0.15, 0.2) is 0 Å². The molecular formula is C36H42F2N2O4. The Kier molecular flexibility index (Phi) is 10.8. The molecule has 5 rings (SSSR count). The van der Waals surface area contributed by atoms with Gasteiger partial charge in [-0.05, 0) is 66.5 Å². The van der Waals surface area contributed by atoms with Gasteiger partial charge in [-0.15, -0.1) is 0 Å². The number of hydrogen-bond donors (Lipinski definition) is 2. The van der Waals surface area contributed by atoms with Crippen LogP contribution in [0.2, 0.25) is 0 Å². The molecule has 44 heavy (non-hydrogen) atoms. The van der Waals surface area contributed by atoms with Crippen molar-refractivity contribution in [2.45, 2.75) is 89.1 Å². The Labute approximate surface area is 258 Å². The number of likely N-dealkylation sites (tertiary alicyclic amines) is 1. The first kappa shape index (κ1) is 31.8. The van der Waals surface area contributed by atoms with E-state index < -0.39 is 41.9 Å². The maximum absolute atomic E-state index is 14.2. The van der Waals surface area contributed by atoms with Gasteiger partial charge >= 0.3 is 5.97 Å². The highest BCUT2D eigenvalue weighted by Gasteiger charge is 2.41. The minimum Gasteiger partial charge on any atom is -0.458 e. The summed E-state index contributed by atoms with van der Waals surface area (Å²) in [5.74, 6) is -2.26. The number of nitrogens with zero attached hydrogens (tertiary/aromatic N) is 1. The lowest BCUT2D eigenvalue weighted by atomic mass is 9.89. The predicted molar refractivity (Wildman–Crippen MR) is 165 cm³/mol. The number of halogens is 2. The zero-order valence-electron chi connectivity index (χ0n) is 25.3. The van der Waals surface area contributed by atoms with E-state index in [4.69, 9.17) is 4.74 Å². The number of amides is 1. The minimum atomic E-state index is -1.17. The Morgan fingerprint density at radius 3 is 2.45 bits per heavy atom. The normalized spacial score (nSPS) is 20.2. The van der Waals surface area contributed by atoms with Gasteiger partial charge in [0.25, 0.3) is 0 Å². The van der Waals surface area contributed by atoms with E-state index in [1.165, 1.54) is 12.1 Å². The zero-order valence-corrected chi connectivity index (χ0v) is 25.3. The van der Waals surface area contributed by atoms with Crippen LogP contribution in [0.4, 0.5) is 8.78 Å². The SMILES string of the molecule is CCCC[C@H]1CCN(C(CCc2ccccc2)C(=O)O[C@@H](Cc2cc(F)cc(F)c2)[C@@H](O)[C@H]2Cc3ccccc3CN2)C1=O. The molecular weight excluding hydrogens is 562 g/mol. The van der Waals surface area contributed by atoms with Gasteiger partial charge in [0.2, 0.25) is 5.91 Å². The van der Waals surface area contributed by atoms with Crippen LogP contribution < -0.4 is 5.32 Å². The van der Waals surface area contributed by atoms with Crippen LogP contribution in [-0.4, -0.2) is 52.7 Å². The largest absolute Gasteiger partial charge is 0.458 e. The van der Waals surface area contributed by atoms with Crippen LogP contribution in [0.5, 0.6) is 0 Å². The molecule has 1 fully saturated rings. The number of carbonyl (C=O) groups excluding carboxylic acids is 2. The van der Waals surface area contributed by atoms with E-state index in [0.29, 0.717) is 38.8 Å². The maximum atomic E-state index is 14.2. The Morgan fingerprint density at radius 2 is 1.73 bits per heavy atom. The van der Waals surface area contributed by atoms with Gasteiger partial charge in [-0.25, -0.2) is 13.6 Å². The van der Waals surface area contributed by atoms with Crippen LogP contribution in [0, 0.1) is 17.6 Å². The molecule has 2 aliphatic rings. The molecule has 2 N–H and O–H groups in total. The van der Waals surface area contributed by atoms with Crippen molar-refractivity contribution in [3.05, 3.63) is 107 Å². The summed E-state index contributed by atoms with van der Waals surface area (Å²) >= 11 is 0. The molecule has 5 atom stereocenters. The number of aliphatic hydroxyl groups excluding tert-OH is 1. The monoisotopic (exact) mass is 604 g/mol. The second kappa shape index (κ2) is 14.9. The molecule has 0 bridgehead atoms. The van der Waals surface area contributed by atoms with Gasteiger partial charge in [-0.3, -0.25) is 4.79 Å². The van der Waals surface area contributed by atoms with Gasteiger partial charge in [0, 0.05) is 37.5 Å². The van der Waals surface area contributed by atoms with Crippen LogP contribution in [0.15, 0.2) is 72.8 Å². The first-order valence-electron chi connectivity index (χ1n) is 15.8. The number of unbranched alkanes of at least 4 members (excludes halogenated alkanes) is 1. The molecule has 2 aliphatic heterocycles. The Hall–Kier alpha value is -3.62. The van der Waals surface area contributed by atoms with E-state index in [1.54, 1.807) is 4.90 Å². The van der Waals surface area contributed by atoms with Crippen LogP contribution in [-0.2, 0) is 40.1 Å². The third-order valence-electron chi connectivity index (χ3n) is 8.99. The van der Waals surface area contributed by atoms with Crippen molar-refractivity contribution < 1.29 is 28.2 Å². The molecule has 1 unspecified atom stereocenters. The molecule has 0 aliphatic carbocycles. The van der Waals surface area contributed by atoms with E-state index >= 15 is 0 Å². The molecule has 3 aromatic carbocycles. The molecule has 8 heteroatoms. The molecule has 1 saturated heterocycles. The van der Waals surface area contributed by atoms with Crippen LogP contribution in [0.25, 0.3) is 0 Å². The number of aliphatic hydroxyl groups is 1. The summed E-state index contributed by atoms with van der Waals surface area (Å²) in [6.07, 6.45) is 2.49. The van der Waals surface area contributed by atoms with E-state index in [1.807, 2.05) is 54.6 Å². The summed E-state index contributed by atoms with van der Waals surface area (Å²) in [6.45, 7) is 3.09. The molecule has 6 nitrogen and oxygen atoms in total. The Morgan fingerprint density at radius 1 is 1.02 bits per heavy atom. The average Bonchev–Trinajstić information content (AvgIpc) is 3.38. The maximum Gasteiger partial charge on any atom is 0.329 e. The molecule has 0 aromatic heterocycles. The van der Waals surface area contributed by atoms with Crippen LogP contribution in [0.1, 0.15) is 61.3 Å². The summed E-state index contributed by atoms with van der Waals surface area (Å²) in [5.41, 5.74) is 3.52. The average molecular weight is 605 g/mol. The minimum absolute atomic E-state index is 0.0386. The van der Waals surface area contributed by atoms with E-state index in [-0.39, 0.29) is 23.8 Å². The van der Waals surface area contributed by atoms with Crippen molar-refractivity contribution in [1.82, 2.24) is 10.2 Å². The van der Waals surface area contributed by atoms with Crippen molar-refractivity contribution in [1.29, 1.82) is 0 Å². The predicted octanol–water partition coefficient (Wildman–Crippen LogP) is 5.53. The number of ether oxygens (including phenoxy) is 1. The smallest absolute Gasteiger partial charge is 0.329 e. The topological polar surface area (TPSA) is 78.9 Å². The van der Waals surface area contributed by atoms with Crippen molar-refractivity contribution >= 4 is 11.9 Å². The van der Waals surface area contributed by atoms with Crippen LogP contribution >= 0.6 is 0 Å². The highest BCUT2D eigenvalue weighted by molar-refractivity contribution is 5.87. The summed E-state index contributed by atoms with van der Waals surface area (Å²) in [4.78, 5) is 29.2. The number of carbonyl (C=O) groups is 2. The molecule has 2 heterocycles. The number of benzene rings is 3. The van der Waals surface area contributed by atoms with Crippen molar-refractivity contribution in [2.75, 3.05) is 6.54 Å². The number of esters is 1. The fourth-order valence-corrected chi connectivity index (χ4v) is 6.54. The van der Waals surface area contributed by atoms with Crippen LogP contribution in [0.3, 0.4) is 0 Å². The second-order valence-corrected chi connectivity index (χ2v) is 12.1. The molecule has 3 aromatic rings. The fourth-order valence-electron chi connectivity index (χ4n) is 6.54. The molecule has 0 spiro atoms. The third kappa shape index (κ3) is 7.90. The van der Waals surface area contributed by atoms with E-state index in [2.05, 4.69) is 12.2 Å². The van der Waals surface area contributed by atoms with Gasteiger partial charge in [0.05, 0.1) is 0 Å². The second-order valence-electron chi connectivity index (χ2n) is 12.1. The van der Waals surface area contributed by atoms with Crippen molar-refractivity contribution in [3.8, 4) is 0 Å². The van der Waals surface area contributed by atoms with Crippen molar-refractivity contribution in [2.24, 2.45) is 5.92 Å². The van der Waals surface area contributed by atoms with Crippen molar-refractivity contribution in [3.63, 3.8) is 0 Å². The number of nitrogens with one attached hydrogen (secondary N) is 1. The number of rotatable bonds is 13. The lowest BCUT2D eigenvalue weighted by molar-refractivity contribution is -0.165. The Bertz CT molecular complexity index is 1400. The molecule has 234 valence electrons. The van der Waals surface area contributed by atoms with E-state index in [9.17, 15) is 23.5 Å². The summed E-state index contributed by atoms with van der Waals surface area (Å²) in [6, 6.07) is 19.6. The zero-order chi connectivity index (χ0) is 31.1.